The van der Waals surface area contributed by atoms with Gasteiger partial charge in [-0.2, -0.15) is 4.31 Å². The van der Waals surface area contributed by atoms with E-state index in [1.165, 1.54) is 15.6 Å². The molecule has 1 aromatic carbocycles. The van der Waals surface area contributed by atoms with Crippen molar-refractivity contribution in [3.05, 3.63) is 52.4 Å². The summed E-state index contributed by atoms with van der Waals surface area (Å²) in [6.45, 7) is 1.89. The van der Waals surface area contributed by atoms with E-state index in [2.05, 4.69) is 15.6 Å². The average Bonchev–Trinajstić information content (AvgIpc) is 3.21. The zero-order valence-electron chi connectivity index (χ0n) is 15.8. The maximum Gasteiger partial charge on any atom is 0.252 e. The number of morpholine rings is 1. The quantitative estimate of drug-likeness (QED) is 0.525. The molecule has 1 aliphatic heterocycles. The summed E-state index contributed by atoms with van der Waals surface area (Å²) >= 11 is 1.18. The topological polar surface area (TPSA) is 83.0 Å². The number of guanidine groups is 1. The molecule has 1 aliphatic rings. The van der Waals surface area contributed by atoms with Crippen LogP contribution in [0.3, 0.4) is 0 Å². The molecule has 7 nitrogen and oxygen atoms in total. The van der Waals surface area contributed by atoms with Crippen molar-refractivity contribution in [1.29, 1.82) is 0 Å². The summed E-state index contributed by atoms with van der Waals surface area (Å²) in [5.74, 6) is -0.635. The molecule has 0 aliphatic carbocycles. The lowest BCUT2D eigenvalue weighted by molar-refractivity contribution is 0.0731. The van der Waals surface area contributed by atoms with E-state index in [0.29, 0.717) is 38.8 Å². The van der Waals surface area contributed by atoms with Gasteiger partial charge in [0.2, 0.25) is 0 Å². The Bertz CT molecular complexity index is 973. The molecule has 0 amide bonds. The molecule has 2 N–H and O–H groups in total. The fraction of sp³-hybridized carbons (Fsp3) is 0.389. The zero-order chi connectivity index (χ0) is 20.9. The van der Waals surface area contributed by atoms with Gasteiger partial charge in [0.05, 0.1) is 19.8 Å². The molecule has 0 unspecified atom stereocenters. The number of ether oxygens (including phenoxy) is 1. The Hall–Kier alpha value is -2.08. The van der Waals surface area contributed by atoms with Gasteiger partial charge in [-0.3, -0.25) is 4.99 Å². The van der Waals surface area contributed by atoms with E-state index < -0.39 is 21.7 Å². The first-order chi connectivity index (χ1) is 13.9. The van der Waals surface area contributed by atoms with Gasteiger partial charge in [0.15, 0.2) is 5.96 Å². The maximum atomic E-state index is 13.7. The van der Waals surface area contributed by atoms with E-state index in [1.807, 2.05) is 0 Å². The molecule has 0 spiro atoms. The molecule has 0 bridgehead atoms. The Morgan fingerprint density at radius 2 is 1.90 bits per heavy atom. The average molecular weight is 445 g/mol. The van der Waals surface area contributed by atoms with E-state index in [1.54, 1.807) is 19.2 Å². The number of thiophene rings is 1. The van der Waals surface area contributed by atoms with Crippen molar-refractivity contribution in [2.45, 2.75) is 17.3 Å². The van der Waals surface area contributed by atoms with Gasteiger partial charge in [-0.05, 0) is 30.3 Å². The van der Waals surface area contributed by atoms with E-state index in [0.717, 1.165) is 23.1 Å². The van der Waals surface area contributed by atoms with Gasteiger partial charge in [-0.1, -0.05) is 0 Å². The van der Waals surface area contributed by atoms with Crippen LogP contribution < -0.4 is 10.6 Å². The maximum absolute atomic E-state index is 13.7. The number of hydrogen-bond acceptors (Lipinski definition) is 5. The number of halogens is 2. The van der Waals surface area contributed by atoms with Crippen LogP contribution in [0.1, 0.15) is 10.4 Å². The summed E-state index contributed by atoms with van der Waals surface area (Å²) in [6, 6.07) is 6.59. The first kappa shape index (κ1) is 21.6. The molecule has 1 saturated heterocycles. The predicted octanol–water partition coefficient (Wildman–Crippen LogP) is 1.91. The summed E-state index contributed by atoms with van der Waals surface area (Å²) in [5.41, 5.74) is 0.183. The molecular formula is C18H22F2N4O3S2. The van der Waals surface area contributed by atoms with Crippen molar-refractivity contribution < 1.29 is 21.9 Å². The summed E-state index contributed by atoms with van der Waals surface area (Å²) in [6.07, 6.45) is 0. The Morgan fingerprint density at radius 3 is 2.62 bits per heavy atom. The van der Waals surface area contributed by atoms with E-state index >= 15 is 0 Å². The molecule has 0 radical (unpaired) electrons. The molecule has 29 heavy (non-hydrogen) atoms. The van der Waals surface area contributed by atoms with Crippen molar-refractivity contribution in [3.63, 3.8) is 0 Å². The molecule has 2 aromatic rings. The molecule has 1 fully saturated rings. The van der Waals surface area contributed by atoms with Gasteiger partial charge in [0.25, 0.3) is 10.0 Å². The van der Waals surface area contributed by atoms with E-state index in [9.17, 15) is 17.2 Å². The molecule has 158 valence electrons. The number of benzene rings is 1. The summed E-state index contributed by atoms with van der Waals surface area (Å²) in [4.78, 5) is 4.84. The summed E-state index contributed by atoms with van der Waals surface area (Å²) < 4.78 is 59.2. The number of sulfonamides is 1. The third-order valence-electron chi connectivity index (χ3n) is 4.31. The highest BCUT2D eigenvalue weighted by Crippen LogP contribution is 2.25. The third-order valence-corrected chi connectivity index (χ3v) is 7.76. The highest BCUT2D eigenvalue weighted by atomic mass is 32.2. The number of aliphatic imine (C=N–C) groups is 1. The van der Waals surface area contributed by atoms with Crippen molar-refractivity contribution >= 4 is 27.3 Å². The minimum Gasteiger partial charge on any atom is -0.379 e. The second kappa shape index (κ2) is 9.61. The number of nitrogens with one attached hydrogen (secondary N) is 2. The van der Waals surface area contributed by atoms with Crippen LogP contribution >= 0.6 is 11.3 Å². The SMILES string of the molecule is CN=C(NCc1ccc(S(=O)(=O)N2CCOCC2)s1)NCc1cc(F)ccc1F. The standard InChI is InChI=1S/C18H22F2N4O3S2/c1-21-18(22-11-13-10-14(19)2-4-16(13)20)23-12-15-3-5-17(28-15)29(25,26)24-6-8-27-9-7-24/h2-5,10H,6-9,11-12H2,1H3,(H2,21,22,23). The van der Waals surface area contributed by atoms with Crippen LogP contribution in [0.15, 0.2) is 39.5 Å². The second-order valence-corrected chi connectivity index (χ2v) is 9.59. The minimum atomic E-state index is -3.52. The van der Waals surface area contributed by atoms with Crippen LogP contribution in [0.5, 0.6) is 0 Å². The lowest BCUT2D eigenvalue weighted by Crippen LogP contribution is -2.40. The molecule has 1 aromatic heterocycles. The van der Waals surface area contributed by atoms with Crippen molar-refractivity contribution in [2.75, 3.05) is 33.4 Å². The van der Waals surface area contributed by atoms with Gasteiger partial charge in [0, 0.05) is 37.1 Å². The van der Waals surface area contributed by atoms with Gasteiger partial charge in [-0.15, -0.1) is 11.3 Å². The first-order valence-corrected chi connectivity index (χ1v) is 11.2. The largest absolute Gasteiger partial charge is 0.379 e. The summed E-state index contributed by atoms with van der Waals surface area (Å²) in [7, 11) is -1.96. The van der Waals surface area contributed by atoms with Crippen LogP contribution in [-0.2, 0) is 27.8 Å². The number of nitrogens with zero attached hydrogens (tertiary/aromatic N) is 2. The van der Waals surface area contributed by atoms with Crippen LogP contribution in [0.2, 0.25) is 0 Å². The molecule has 2 heterocycles. The van der Waals surface area contributed by atoms with Crippen molar-refractivity contribution in [1.82, 2.24) is 14.9 Å². The van der Waals surface area contributed by atoms with E-state index in [4.69, 9.17) is 4.74 Å². The van der Waals surface area contributed by atoms with Crippen LogP contribution in [-0.4, -0.2) is 52.0 Å². The normalized spacial score (nSPS) is 16.0. The second-order valence-electron chi connectivity index (χ2n) is 6.25. The Labute approximate surface area is 172 Å². The first-order valence-electron chi connectivity index (χ1n) is 8.95. The Balaban J connectivity index is 1.57. The highest BCUT2D eigenvalue weighted by molar-refractivity contribution is 7.91. The lowest BCUT2D eigenvalue weighted by atomic mass is 10.2. The number of rotatable bonds is 6. The van der Waals surface area contributed by atoms with Crippen molar-refractivity contribution in [3.8, 4) is 0 Å². The fourth-order valence-electron chi connectivity index (χ4n) is 2.76. The smallest absolute Gasteiger partial charge is 0.252 e. The number of hydrogen-bond donors (Lipinski definition) is 2. The molecule has 11 heteroatoms. The minimum absolute atomic E-state index is 0.0599. The predicted molar refractivity (Wildman–Crippen MR) is 107 cm³/mol. The van der Waals surface area contributed by atoms with Crippen LogP contribution in [0, 0.1) is 11.6 Å². The van der Waals surface area contributed by atoms with Gasteiger partial charge < -0.3 is 15.4 Å². The Morgan fingerprint density at radius 1 is 1.17 bits per heavy atom. The van der Waals surface area contributed by atoms with Crippen LogP contribution in [0.4, 0.5) is 8.78 Å². The lowest BCUT2D eigenvalue weighted by Gasteiger charge is -2.25. The molecular weight excluding hydrogens is 422 g/mol. The Kier molecular flexibility index (Phi) is 7.17. The molecule has 0 saturated carbocycles. The third kappa shape index (κ3) is 5.50. The van der Waals surface area contributed by atoms with Gasteiger partial charge >= 0.3 is 0 Å². The molecule has 3 rings (SSSR count). The van der Waals surface area contributed by atoms with Crippen molar-refractivity contribution in [2.24, 2.45) is 4.99 Å². The van der Waals surface area contributed by atoms with Gasteiger partial charge in [-0.25, -0.2) is 17.2 Å². The summed E-state index contributed by atoms with van der Waals surface area (Å²) in [5, 5.41) is 5.95. The zero-order valence-corrected chi connectivity index (χ0v) is 17.5. The van der Waals surface area contributed by atoms with Crippen LogP contribution in [0.25, 0.3) is 0 Å². The fourth-order valence-corrected chi connectivity index (χ4v) is 5.61. The molecule has 0 atom stereocenters. The van der Waals surface area contributed by atoms with Gasteiger partial charge in [0.1, 0.15) is 15.8 Å². The highest BCUT2D eigenvalue weighted by Gasteiger charge is 2.27. The van der Waals surface area contributed by atoms with E-state index in [-0.39, 0.29) is 16.3 Å². The monoisotopic (exact) mass is 444 g/mol.